The Hall–Kier alpha value is -1.45. The molecule has 3 rings (SSSR count). The highest BCUT2D eigenvalue weighted by Gasteiger charge is 2.10. The molecule has 2 nitrogen and oxygen atoms in total. The summed E-state index contributed by atoms with van der Waals surface area (Å²) in [5.74, 6) is 0.898. The van der Waals surface area contributed by atoms with Crippen LogP contribution in [0.5, 0.6) is 5.75 Å². The molecule has 0 bridgehead atoms. The van der Waals surface area contributed by atoms with Gasteiger partial charge in [0.1, 0.15) is 12.4 Å². The average Bonchev–Trinajstić information content (AvgIpc) is 2.75. The average molecular weight is 481 g/mol. The first-order valence-corrected chi connectivity index (χ1v) is 11.7. The van der Waals surface area contributed by atoms with Crippen molar-refractivity contribution in [1.29, 1.82) is 0 Å². The van der Waals surface area contributed by atoms with Crippen LogP contribution in [-0.2, 0) is 13.2 Å². The fraction of sp³-hybridized carbons (Fsp3) is 0.385. The molecule has 0 amide bonds. The van der Waals surface area contributed by atoms with Crippen LogP contribution in [0.2, 0.25) is 10.0 Å². The third kappa shape index (κ3) is 7.88. The maximum absolute atomic E-state index is 6.32. The molecule has 0 radical (unpaired) electrons. The number of rotatable bonds is 12. The zero-order valence-corrected chi connectivity index (χ0v) is 20.5. The normalized spacial score (nSPS) is 10.8. The van der Waals surface area contributed by atoms with Gasteiger partial charge >= 0.3 is 0 Å². The van der Waals surface area contributed by atoms with E-state index in [4.69, 9.17) is 27.9 Å². The molecule has 0 aliphatic carbocycles. The SMILES string of the molecule is CCCCCCCCNCc1c(OCc2ccc(Cl)cc2Cl)ccc2ccccc12.Cl. The molecule has 0 fully saturated rings. The van der Waals surface area contributed by atoms with E-state index in [0.29, 0.717) is 16.7 Å². The van der Waals surface area contributed by atoms with Crippen molar-refractivity contribution in [2.24, 2.45) is 0 Å². The molecule has 31 heavy (non-hydrogen) atoms. The lowest BCUT2D eigenvalue weighted by Gasteiger charge is -2.16. The highest BCUT2D eigenvalue weighted by Crippen LogP contribution is 2.30. The molecule has 3 aromatic carbocycles. The summed E-state index contributed by atoms with van der Waals surface area (Å²) in [6.45, 7) is 4.49. The Bertz CT molecular complexity index is 945. The minimum atomic E-state index is 0. The van der Waals surface area contributed by atoms with E-state index in [0.717, 1.165) is 24.4 Å². The topological polar surface area (TPSA) is 21.3 Å². The van der Waals surface area contributed by atoms with Gasteiger partial charge in [0.05, 0.1) is 0 Å². The Morgan fingerprint density at radius 1 is 0.871 bits per heavy atom. The molecule has 0 aromatic heterocycles. The second-order valence-corrected chi connectivity index (χ2v) is 8.58. The third-order valence-electron chi connectivity index (χ3n) is 5.40. The maximum atomic E-state index is 6.32. The third-order valence-corrected chi connectivity index (χ3v) is 5.99. The van der Waals surface area contributed by atoms with Gasteiger partial charge in [-0.15, -0.1) is 12.4 Å². The van der Waals surface area contributed by atoms with Gasteiger partial charge in [0.2, 0.25) is 0 Å². The van der Waals surface area contributed by atoms with Crippen LogP contribution < -0.4 is 10.1 Å². The van der Waals surface area contributed by atoms with Crippen molar-refractivity contribution in [3.05, 3.63) is 75.8 Å². The van der Waals surface area contributed by atoms with Crippen molar-refractivity contribution >= 4 is 46.4 Å². The maximum Gasteiger partial charge on any atom is 0.124 e. The molecule has 0 spiro atoms. The molecule has 0 atom stereocenters. The smallest absolute Gasteiger partial charge is 0.124 e. The first kappa shape index (κ1) is 25.8. The zero-order valence-electron chi connectivity index (χ0n) is 18.1. The number of benzene rings is 3. The summed E-state index contributed by atoms with van der Waals surface area (Å²) < 4.78 is 6.21. The van der Waals surface area contributed by atoms with Crippen LogP contribution in [0.25, 0.3) is 10.8 Å². The van der Waals surface area contributed by atoms with Gasteiger partial charge in [0.25, 0.3) is 0 Å². The lowest BCUT2D eigenvalue weighted by atomic mass is 10.0. The number of hydrogen-bond donors (Lipinski definition) is 1. The number of nitrogens with one attached hydrogen (secondary N) is 1. The summed E-state index contributed by atoms with van der Waals surface area (Å²) in [4.78, 5) is 0. The van der Waals surface area contributed by atoms with Gasteiger partial charge in [-0.25, -0.2) is 0 Å². The molecule has 5 heteroatoms. The lowest BCUT2D eigenvalue weighted by molar-refractivity contribution is 0.303. The van der Waals surface area contributed by atoms with Gasteiger partial charge < -0.3 is 10.1 Å². The molecule has 0 saturated carbocycles. The Labute approximate surface area is 202 Å². The Morgan fingerprint density at radius 3 is 2.45 bits per heavy atom. The molecular formula is C26H32Cl3NO. The first-order chi connectivity index (χ1) is 14.7. The van der Waals surface area contributed by atoms with Crippen LogP contribution in [0.3, 0.4) is 0 Å². The summed E-state index contributed by atoms with van der Waals surface area (Å²) in [7, 11) is 0. The second-order valence-electron chi connectivity index (χ2n) is 7.73. The molecule has 168 valence electrons. The van der Waals surface area contributed by atoms with Crippen molar-refractivity contribution in [2.45, 2.75) is 58.6 Å². The van der Waals surface area contributed by atoms with Crippen LogP contribution in [0.15, 0.2) is 54.6 Å². The fourth-order valence-corrected chi connectivity index (χ4v) is 4.13. The first-order valence-electron chi connectivity index (χ1n) is 11.0. The summed E-state index contributed by atoms with van der Waals surface area (Å²) >= 11 is 12.3. The number of unbranched alkanes of at least 4 members (excludes halogenated alkanes) is 5. The van der Waals surface area contributed by atoms with Crippen molar-refractivity contribution in [3.63, 3.8) is 0 Å². The predicted molar refractivity (Wildman–Crippen MR) is 137 cm³/mol. The molecule has 0 heterocycles. The van der Waals surface area contributed by atoms with E-state index in [1.165, 1.54) is 54.9 Å². The summed E-state index contributed by atoms with van der Waals surface area (Å²) in [5.41, 5.74) is 2.13. The van der Waals surface area contributed by atoms with Gasteiger partial charge in [0, 0.05) is 27.7 Å². The fourth-order valence-electron chi connectivity index (χ4n) is 3.67. The van der Waals surface area contributed by atoms with E-state index in [1.54, 1.807) is 6.07 Å². The van der Waals surface area contributed by atoms with E-state index < -0.39 is 0 Å². The Balaban J connectivity index is 0.00000341. The molecule has 1 N–H and O–H groups in total. The van der Waals surface area contributed by atoms with Gasteiger partial charge in [0.15, 0.2) is 0 Å². The molecule has 3 aromatic rings. The standard InChI is InChI=1S/C26H31Cl2NO.ClH/c1-2-3-4-5-6-9-16-29-18-24-23-11-8-7-10-20(23)13-15-26(24)30-19-21-12-14-22(27)17-25(21)28;/h7-8,10-15,17,29H,2-6,9,16,18-19H2,1H3;1H. The molecule has 0 unspecified atom stereocenters. The van der Waals surface area contributed by atoms with Gasteiger partial charge in [-0.2, -0.15) is 0 Å². The minimum Gasteiger partial charge on any atom is -0.488 e. The van der Waals surface area contributed by atoms with Crippen molar-refractivity contribution in [3.8, 4) is 5.75 Å². The Kier molecular flexibility index (Phi) is 11.5. The molecule has 0 aliphatic rings. The van der Waals surface area contributed by atoms with Crippen molar-refractivity contribution in [2.75, 3.05) is 6.54 Å². The minimum absolute atomic E-state index is 0. The summed E-state index contributed by atoms with van der Waals surface area (Å²) in [6, 6.07) is 18.2. The largest absolute Gasteiger partial charge is 0.488 e. The molecule has 0 aliphatic heterocycles. The van der Waals surface area contributed by atoms with Crippen molar-refractivity contribution < 1.29 is 4.74 Å². The van der Waals surface area contributed by atoms with Crippen LogP contribution in [-0.4, -0.2) is 6.54 Å². The monoisotopic (exact) mass is 479 g/mol. The van der Waals surface area contributed by atoms with E-state index in [2.05, 4.69) is 48.6 Å². The van der Waals surface area contributed by atoms with Gasteiger partial charge in [-0.1, -0.05) is 98.6 Å². The van der Waals surface area contributed by atoms with E-state index >= 15 is 0 Å². The molecular weight excluding hydrogens is 449 g/mol. The van der Waals surface area contributed by atoms with E-state index in [-0.39, 0.29) is 12.4 Å². The van der Waals surface area contributed by atoms with E-state index in [1.807, 2.05) is 12.1 Å². The Morgan fingerprint density at radius 2 is 1.65 bits per heavy atom. The van der Waals surface area contributed by atoms with Crippen LogP contribution in [0.4, 0.5) is 0 Å². The van der Waals surface area contributed by atoms with E-state index in [9.17, 15) is 0 Å². The van der Waals surface area contributed by atoms with Crippen molar-refractivity contribution in [1.82, 2.24) is 5.32 Å². The lowest BCUT2D eigenvalue weighted by Crippen LogP contribution is -2.16. The van der Waals surface area contributed by atoms with Gasteiger partial charge in [-0.3, -0.25) is 0 Å². The highest BCUT2D eigenvalue weighted by molar-refractivity contribution is 6.35. The number of halogens is 3. The highest BCUT2D eigenvalue weighted by atomic mass is 35.5. The van der Waals surface area contributed by atoms with Crippen LogP contribution in [0.1, 0.15) is 56.6 Å². The number of fused-ring (bicyclic) bond motifs is 1. The number of ether oxygens (including phenoxy) is 1. The summed E-state index contributed by atoms with van der Waals surface area (Å²) in [5, 5.41) is 7.34. The number of hydrogen-bond acceptors (Lipinski definition) is 2. The second kappa shape index (κ2) is 13.9. The predicted octanol–water partition coefficient (Wildman–Crippen LogP) is 8.60. The van der Waals surface area contributed by atoms with Crippen LogP contribution in [0, 0.1) is 0 Å². The van der Waals surface area contributed by atoms with Gasteiger partial charge in [-0.05, 0) is 41.9 Å². The zero-order chi connectivity index (χ0) is 21.2. The quantitative estimate of drug-likeness (QED) is 0.262. The van der Waals surface area contributed by atoms with Crippen LogP contribution >= 0.6 is 35.6 Å². The molecule has 0 saturated heterocycles. The summed E-state index contributed by atoms with van der Waals surface area (Å²) in [6.07, 6.45) is 7.84.